The predicted molar refractivity (Wildman–Crippen MR) is 76.7 cm³/mol. The van der Waals surface area contributed by atoms with E-state index >= 15 is 0 Å². The molecule has 1 N–H and O–H groups in total. The van der Waals surface area contributed by atoms with E-state index in [9.17, 15) is 4.39 Å². The van der Waals surface area contributed by atoms with Gasteiger partial charge in [0.1, 0.15) is 0 Å². The molecular formula is C16H22FNO2. The lowest BCUT2D eigenvalue weighted by Crippen LogP contribution is -2.49. The van der Waals surface area contributed by atoms with Crippen molar-refractivity contribution in [2.24, 2.45) is 0 Å². The third-order valence-corrected chi connectivity index (χ3v) is 4.36. The minimum Gasteiger partial charge on any atom is -0.491 e. The SMILES string of the molecule is CCOc1ccc(NC2CCOC3(CCC3)C2)cc1F. The highest BCUT2D eigenvalue weighted by molar-refractivity contribution is 5.48. The zero-order chi connectivity index (χ0) is 14.0. The van der Waals surface area contributed by atoms with Gasteiger partial charge in [-0.05, 0) is 51.2 Å². The maximum Gasteiger partial charge on any atom is 0.167 e. The van der Waals surface area contributed by atoms with Gasteiger partial charge in [0.25, 0.3) is 0 Å². The summed E-state index contributed by atoms with van der Waals surface area (Å²) in [6, 6.07) is 5.48. The van der Waals surface area contributed by atoms with Gasteiger partial charge in [-0.1, -0.05) is 0 Å². The standard InChI is InChI=1S/C16H22FNO2/c1-2-19-15-5-4-12(10-14(15)17)18-13-6-9-20-16(11-13)7-3-8-16/h4-5,10,13,18H,2-3,6-9,11H2,1H3. The van der Waals surface area contributed by atoms with Gasteiger partial charge in [-0.25, -0.2) is 4.39 Å². The second-order valence-corrected chi connectivity index (χ2v) is 5.80. The van der Waals surface area contributed by atoms with E-state index in [1.807, 2.05) is 13.0 Å². The van der Waals surface area contributed by atoms with Crippen molar-refractivity contribution in [1.29, 1.82) is 0 Å². The average Bonchev–Trinajstić information content (AvgIpc) is 2.41. The van der Waals surface area contributed by atoms with E-state index in [2.05, 4.69) is 5.32 Å². The number of nitrogens with one attached hydrogen (secondary N) is 1. The van der Waals surface area contributed by atoms with Gasteiger partial charge in [0.15, 0.2) is 11.6 Å². The highest BCUT2D eigenvalue weighted by Gasteiger charge is 2.42. The van der Waals surface area contributed by atoms with Crippen molar-refractivity contribution in [2.45, 2.75) is 50.7 Å². The summed E-state index contributed by atoms with van der Waals surface area (Å²) in [4.78, 5) is 0. The Balaban J connectivity index is 1.63. The molecule has 1 aromatic carbocycles. The first-order chi connectivity index (χ1) is 9.71. The lowest BCUT2D eigenvalue weighted by Gasteiger charge is -2.47. The van der Waals surface area contributed by atoms with E-state index in [4.69, 9.17) is 9.47 Å². The van der Waals surface area contributed by atoms with Crippen molar-refractivity contribution in [3.63, 3.8) is 0 Å². The van der Waals surface area contributed by atoms with Crippen molar-refractivity contribution < 1.29 is 13.9 Å². The minimum atomic E-state index is -0.303. The molecule has 110 valence electrons. The van der Waals surface area contributed by atoms with Gasteiger partial charge in [-0.15, -0.1) is 0 Å². The van der Waals surface area contributed by atoms with Crippen LogP contribution in [-0.2, 0) is 4.74 Å². The Bertz CT molecular complexity index is 474. The van der Waals surface area contributed by atoms with Crippen LogP contribution >= 0.6 is 0 Å². The third-order valence-electron chi connectivity index (χ3n) is 4.36. The highest BCUT2D eigenvalue weighted by Crippen LogP contribution is 2.42. The molecule has 1 aliphatic carbocycles. The lowest BCUT2D eigenvalue weighted by atomic mass is 9.74. The van der Waals surface area contributed by atoms with Crippen molar-refractivity contribution in [3.8, 4) is 5.75 Å². The van der Waals surface area contributed by atoms with Crippen LogP contribution < -0.4 is 10.1 Å². The molecule has 0 radical (unpaired) electrons. The molecular weight excluding hydrogens is 257 g/mol. The van der Waals surface area contributed by atoms with Crippen LogP contribution in [0.1, 0.15) is 39.0 Å². The summed E-state index contributed by atoms with van der Waals surface area (Å²) in [5.41, 5.74) is 0.937. The summed E-state index contributed by atoms with van der Waals surface area (Å²) >= 11 is 0. The molecule has 20 heavy (non-hydrogen) atoms. The Morgan fingerprint density at radius 3 is 2.95 bits per heavy atom. The van der Waals surface area contributed by atoms with Gasteiger partial charge in [0.05, 0.1) is 12.2 Å². The fourth-order valence-corrected chi connectivity index (χ4v) is 3.17. The van der Waals surface area contributed by atoms with Crippen LogP contribution in [0.3, 0.4) is 0 Å². The predicted octanol–water partition coefficient (Wildman–Crippen LogP) is 3.74. The summed E-state index contributed by atoms with van der Waals surface area (Å²) < 4.78 is 25.0. The van der Waals surface area contributed by atoms with Crippen LogP contribution in [0.2, 0.25) is 0 Å². The van der Waals surface area contributed by atoms with Crippen LogP contribution in [0.4, 0.5) is 10.1 Å². The normalized spacial score (nSPS) is 24.2. The largest absolute Gasteiger partial charge is 0.491 e. The average molecular weight is 279 g/mol. The van der Waals surface area contributed by atoms with Crippen LogP contribution in [0.5, 0.6) is 5.75 Å². The molecule has 1 aliphatic heterocycles. The molecule has 0 aromatic heterocycles. The van der Waals surface area contributed by atoms with Gasteiger partial charge in [-0.2, -0.15) is 0 Å². The van der Waals surface area contributed by atoms with E-state index in [1.165, 1.54) is 25.3 Å². The Labute approximate surface area is 119 Å². The first kappa shape index (κ1) is 13.7. The van der Waals surface area contributed by atoms with Crippen LogP contribution in [0.25, 0.3) is 0 Å². The topological polar surface area (TPSA) is 30.5 Å². The third kappa shape index (κ3) is 2.75. The number of hydrogen-bond acceptors (Lipinski definition) is 3. The first-order valence-corrected chi connectivity index (χ1v) is 7.54. The number of benzene rings is 1. The molecule has 1 heterocycles. The molecule has 2 aliphatic rings. The summed E-state index contributed by atoms with van der Waals surface area (Å²) in [6.45, 7) is 3.13. The van der Waals surface area contributed by atoms with Gasteiger partial charge in [0.2, 0.25) is 0 Å². The Hall–Kier alpha value is -1.29. The number of halogens is 1. The molecule has 1 spiro atoms. The fourth-order valence-electron chi connectivity index (χ4n) is 3.17. The maximum absolute atomic E-state index is 13.8. The Morgan fingerprint density at radius 1 is 1.45 bits per heavy atom. The first-order valence-electron chi connectivity index (χ1n) is 7.54. The van der Waals surface area contributed by atoms with E-state index in [0.29, 0.717) is 18.4 Å². The van der Waals surface area contributed by atoms with Crippen LogP contribution in [-0.4, -0.2) is 24.9 Å². The zero-order valence-electron chi connectivity index (χ0n) is 12.0. The van der Waals surface area contributed by atoms with Crippen LogP contribution in [0, 0.1) is 5.82 Å². The molecule has 1 atom stereocenters. The number of ether oxygens (including phenoxy) is 2. The van der Waals surface area contributed by atoms with Crippen molar-refractivity contribution >= 4 is 5.69 Å². The van der Waals surface area contributed by atoms with E-state index < -0.39 is 0 Å². The Kier molecular flexibility index (Phi) is 3.83. The molecule has 1 saturated heterocycles. The maximum atomic E-state index is 13.8. The molecule has 0 bridgehead atoms. The van der Waals surface area contributed by atoms with Crippen molar-refractivity contribution in [1.82, 2.24) is 0 Å². The van der Waals surface area contributed by atoms with E-state index in [0.717, 1.165) is 25.1 Å². The second kappa shape index (κ2) is 5.60. The fraction of sp³-hybridized carbons (Fsp3) is 0.625. The molecule has 3 rings (SSSR count). The number of anilines is 1. The summed E-state index contributed by atoms with van der Waals surface area (Å²) in [5.74, 6) is 0.0164. The molecule has 2 fully saturated rings. The molecule has 0 amide bonds. The molecule has 3 nitrogen and oxygen atoms in total. The van der Waals surface area contributed by atoms with Gasteiger partial charge in [0, 0.05) is 24.4 Å². The van der Waals surface area contributed by atoms with Crippen molar-refractivity contribution in [2.75, 3.05) is 18.5 Å². The highest BCUT2D eigenvalue weighted by atomic mass is 19.1. The van der Waals surface area contributed by atoms with E-state index in [1.54, 1.807) is 6.07 Å². The molecule has 1 saturated carbocycles. The smallest absolute Gasteiger partial charge is 0.167 e. The molecule has 4 heteroatoms. The summed E-state index contributed by atoms with van der Waals surface area (Å²) in [5, 5.41) is 3.44. The number of rotatable bonds is 4. The van der Waals surface area contributed by atoms with E-state index in [-0.39, 0.29) is 11.4 Å². The van der Waals surface area contributed by atoms with Gasteiger partial charge in [-0.3, -0.25) is 0 Å². The number of hydrogen-bond donors (Lipinski definition) is 1. The second-order valence-electron chi connectivity index (χ2n) is 5.80. The van der Waals surface area contributed by atoms with Gasteiger partial charge >= 0.3 is 0 Å². The minimum absolute atomic E-state index is 0.111. The van der Waals surface area contributed by atoms with Crippen molar-refractivity contribution in [3.05, 3.63) is 24.0 Å². The summed E-state index contributed by atoms with van der Waals surface area (Å²) in [6.07, 6.45) is 5.62. The zero-order valence-corrected chi connectivity index (χ0v) is 12.0. The molecule has 1 aromatic rings. The quantitative estimate of drug-likeness (QED) is 0.910. The lowest BCUT2D eigenvalue weighted by molar-refractivity contribution is -0.130. The van der Waals surface area contributed by atoms with Gasteiger partial charge < -0.3 is 14.8 Å². The monoisotopic (exact) mass is 279 g/mol. The van der Waals surface area contributed by atoms with Crippen LogP contribution in [0.15, 0.2) is 18.2 Å². The summed E-state index contributed by atoms with van der Waals surface area (Å²) in [7, 11) is 0. The molecule has 1 unspecified atom stereocenters. The Morgan fingerprint density at radius 2 is 2.30 bits per heavy atom.